The highest BCUT2D eigenvalue weighted by Gasteiger charge is 2.17. The zero-order chi connectivity index (χ0) is 13.5. The topological polar surface area (TPSA) is 78.4 Å². The lowest BCUT2D eigenvalue weighted by Crippen LogP contribution is -2.43. The van der Waals surface area contributed by atoms with Gasteiger partial charge in [-0.2, -0.15) is 0 Å². The van der Waals surface area contributed by atoms with Gasteiger partial charge >= 0.3 is 11.8 Å². The Bertz CT molecular complexity index is 433. The van der Waals surface area contributed by atoms with Crippen molar-refractivity contribution in [3.8, 4) is 0 Å². The Morgan fingerprint density at radius 3 is 2.67 bits per heavy atom. The quantitative estimate of drug-likeness (QED) is 0.719. The molecule has 0 bridgehead atoms. The average Bonchev–Trinajstić information content (AvgIpc) is 2.35. The van der Waals surface area contributed by atoms with Crippen LogP contribution in [-0.4, -0.2) is 29.6 Å². The van der Waals surface area contributed by atoms with Crippen molar-refractivity contribution in [2.45, 2.75) is 19.4 Å². The van der Waals surface area contributed by atoms with E-state index >= 15 is 0 Å². The fraction of sp³-hybridized carbons (Fsp3) is 0.333. The molecule has 1 aromatic rings. The highest BCUT2D eigenvalue weighted by atomic mass is 35.5. The second kappa shape index (κ2) is 6.98. The molecule has 1 atom stereocenters. The van der Waals surface area contributed by atoms with Crippen LogP contribution in [0.1, 0.15) is 13.3 Å². The molecule has 0 aromatic heterocycles. The van der Waals surface area contributed by atoms with Crippen molar-refractivity contribution in [2.75, 3.05) is 11.9 Å². The number of carbonyl (C=O) groups excluding carboxylic acids is 2. The number of aliphatic hydroxyl groups is 1. The van der Waals surface area contributed by atoms with E-state index in [1.807, 2.05) is 0 Å². The number of aliphatic hydroxyl groups excluding tert-OH is 1. The summed E-state index contributed by atoms with van der Waals surface area (Å²) in [5, 5.41) is 14.2. The number of amides is 2. The molecular formula is C12H15ClN2O3. The van der Waals surface area contributed by atoms with Gasteiger partial charge in [-0.05, 0) is 24.6 Å². The monoisotopic (exact) mass is 270 g/mol. The van der Waals surface area contributed by atoms with Crippen LogP contribution in [-0.2, 0) is 9.59 Å². The first-order valence-corrected chi connectivity index (χ1v) is 5.93. The lowest BCUT2D eigenvalue weighted by molar-refractivity contribution is -0.136. The van der Waals surface area contributed by atoms with Gasteiger partial charge < -0.3 is 15.7 Å². The highest BCUT2D eigenvalue weighted by molar-refractivity contribution is 6.40. The van der Waals surface area contributed by atoms with E-state index in [0.717, 1.165) is 0 Å². The Kier molecular flexibility index (Phi) is 5.61. The Morgan fingerprint density at radius 2 is 2.11 bits per heavy atom. The van der Waals surface area contributed by atoms with Crippen molar-refractivity contribution >= 4 is 29.1 Å². The Labute approximate surface area is 110 Å². The maximum absolute atomic E-state index is 11.5. The molecule has 0 fully saturated rings. The van der Waals surface area contributed by atoms with Gasteiger partial charge in [0, 0.05) is 10.7 Å². The summed E-state index contributed by atoms with van der Waals surface area (Å²) < 4.78 is 0. The largest absolute Gasteiger partial charge is 0.394 e. The number of hydrogen-bond donors (Lipinski definition) is 3. The summed E-state index contributed by atoms with van der Waals surface area (Å²) in [5.41, 5.74) is 0.444. The van der Waals surface area contributed by atoms with Gasteiger partial charge in [-0.15, -0.1) is 0 Å². The van der Waals surface area contributed by atoms with E-state index in [1.165, 1.54) is 6.07 Å². The fourth-order valence-corrected chi connectivity index (χ4v) is 1.47. The lowest BCUT2D eigenvalue weighted by Gasteiger charge is -2.13. The van der Waals surface area contributed by atoms with E-state index in [1.54, 1.807) is 25.1 Å². The van der Waals surface area contributed by atoms with Crippen LogP contribution in [0.15, 0.2) is 24.3 Å². The molecule has 6 heteroatoms. The minimum absolute atomic E-state index is 0.202. The first-order valence-electron chi connectivity index (χ1n) is 5.55. The van der Waals surface area contributed by atoms with Crippen LogP contribution in [0, 0.1) is 0 Å². The molecular weight excluding hydrogens is 256 g/mol. The Balaban J connectivity index is 2.57. The molecule has 0 unspecified atom stereocenters. The van der Waals surface area contributed by atoms with Gasteiger partial charge in [0.2, 0.25) is 0 Å². The molecule has 0 saturated carbocycles. The average molecular weight is 271 g/mol. The minimum Gasteiger partial charge on any atom is -0.394 e. The summed E-state index contributed by atoms with van der Waals surface area (Å²) in [6.45, 7) is 1.60. The zero-order valence-electron chi connectivity index (χ0n) is 9.94. The predicted octanol–water partition coefficient (Wildman–Crippen LogP) is 1.17. The van der Waals surface area contributed by atoms with Crippen molar-refractivity contribution in [1.82, 2.24) is 5.32 Å². The Hall–Kier alpha value is -1.59. The molecule has 5 nitrogen and oxygen atoms in total. The van der Waals surface area contributed by atoms with Gasteiger partial charge in [0.25, 0.3) is 0 Å². The van der Waals surface area contributed by atoms with Crippen LogP contribution in [0.2, 0.25) is 5.02 Å². The number of rotatable bonds is 4. The van der Waals surface area contributed by atoms with Crippen molar-refractivity contribution in [3.63, 3.8) is 0 Å². The van der Waals surface area contributed by atoms with Crippen molar-refractivity contribution in [1.29, 1.82) is 0 Å². The number of benzene rings is 1. The summed E-state index contributed by atoms with van der Waals surface area (Å²) in [6, 6.07) is 6.08. The van der Waals surface area contributed by atoms with Crippen molar-refractivity contribution < 1.29 is 14.7 Å². The van der Waals surface area contributed by atoms with E-state index in [9.17, 15) is 9.59 Å². The molecule has 1 rings (SSSR count). The fourth-order valence-electron chi connectivity index (χ4n) is 1.28. The molecule has 0 heterocycles. The highest BCUT2D eigenvalue weighted by Crippen LogP contribution is 2.14. The van der Waals surface area contributed by atoms with E-state index in [2.05, 4.69) is 10.6 Å². The molecule has 1 aromatic carbocycles. The molecule has 98 valence electrons. The molecule has 0 saturated heterocycles. The van der Waals surface area contributed by atoms with Gasteiger partial charge in [-0.1, -0.05) is 24.6 Å². The minimum atomic E-state index is -0.788. The summed E-state index contributed by atoms with van der Waals surface area (Å²) in [6.07, 6.45) is 0.548. The van der Waals surface area contributed by atoms with Crippen LogP contribution in [0.3, 0.4) is 0 Å². The van der Waals surface area contributed by atoms with Crippen molar-refractivity contribution in [2.24, 2.45) is 0 Å². The third-order valence-corrected chi connectivity index (χ3v) is 2.57. The summed E-state index contributed by atoms with van der Waals surface area (Å²) in [7, 11) is 0. The molecule has 0 aliphatic heterocycles. The van der Waals surface area contributed by atoms with E-state index in [4.69, 9.17) is 16.7 Å². The summed E-state index contributed by atoms with van der Waals surface area (Å²) in [5.74, 6) is -1.57. The smallest absolute Gasteiger partial charge is 0.313 e. The van der Waals surface area contributed by atoms with Gasteiger partial charge in [0.15, 0.2) is 0 Å². The molecule has 0 aliphatic carbocycles. The van der Waals surface area contributed by atoms with E-state index < -0.39 is 17.9 Å². The van der Waals surface area contributed by atoms with Gasteiger partial charge in [-0.3, -0.25) is 9.59 Å². The maximum Gasteiger partial charge on any atom is 0.313 e. The number of anilines is 1. The normalized spacial score (nSPS) is 11.7. The van der Waals surface area contributed by atoms with Crippen LogP contribution < -0.4 is 10.6 Å². The number of halogens is 1. The standard InChI is InChI=1S/C12H15ClN2O3/c1-2-9(7-16)14-11(17)12(18)15-10-5-3-4-8(13)6-10/h3-6,9,16H,2,7H2,1H3,(H,14,17)(H,15,18)/t9-/m1/s1. The van der Waals surface area contributed by atoms with E-state index in [-0.39, 0.29) is 6.61 Å². The Morgan fingerprint density at radius 1 is 1.39 bits per heavy atom. The second-order valence-corrected chi connectivity index (χ2v) is 4.16. The number of carbonyl (C=O) groups is 2. The van der Waals surface area contributed by atoms with Gasteiger partial charge in [-0.25, -0.2) is 0 Å². The molecule has 2 amide bonds. The lowest BCUT2D eigenvalue weighted by atomic mass is 10.2. The van der Waals surface area contributed by atoms with Crippen LogP contribution in [0.5, 0.6) is 0 Å². The first kappa shape index (κ1) is 14.5. The van der Waals surface area contributed by atoms with Gasteiger partial charge in [0.1, 0.15) is 0 Å². The number of hydrogen-bond acceptors (Lipinski definition) is 3. The third kappa shape index (κ3) is 4.35. The summed E-state index contributed by atoms with van der Waals surface area (Å²) >= 11 is 5.75. The SMILES string of the molecule is CC[C@H](CO)NC(=O)C(=O)Nc1cccc(Cl)c1. The van der Waals surface area contributed by atoms with Crippen LogP contribution >= 0.6 is 11.6 Å². The number of nitrogens with one attached hydrogen (secondary N) is 2. The molecule has 0 aliphatic rings. The first-order chi connectivity index (χ1) is 8.56. The van der Waals surface area contributed by atoms with Crippen molar-refractivity contribution in [3.05, 3.63) is 29.3 Å². The van der Waals surface area contributed by atoms with Gasteiger partial charge in [0.05, 0.1) is 12.6 Å². The van der Waals surface area contributed by atoms with Crippen LogP contribution in [0.4, 0.5) is 5.69 Å². The predicted molar refractivity (Wildman–Crippen MR) is 69.4 cm³/mol. The van der Waals surface area contributed by atoms with Crippen LogP contribution in [0.25, 0.3) is 0 Å². The summed E-state index contributed by atoms with van der Waals surface area (Å²) in [4.78, 5) is 23.0. The zero-order valence-corrected chi connectivity index (χ0v) is 10.7. The molecule has 0 radical (unpaired) electrons. The molecule has 0 spiro atoms. The molecule has 3 N–H and O–H groups in total. The third-order valence-electron chi connectivity index (χ3n) is 2.34. The van der Waals surface area contributed by atoms with E-state index in [0.29, 0.717) is 17.1 Å². The maximum atomic E-state index is 11.5. The second-order valence-electron chi connectivity index (χ2n) is 3.73. The molecule has 18 heavy (non-hydrogen) atoms.